The fourth-order valence-electron chi connectivity index (χ4n) is 1.48. The Labute approximate surface area is 104 Å². The van der Waals surface area contributed by atoms with E-state index in [1.165, 1.54) is 5.56 Å². The van der Waals surface area contributed by atoms with Crippen molar-refractivity contribution in [1.29, 1.82) is 0 Å². The Balaban J connectivity index is 2.44. The number of hydrogen-bond acceptors (Lipinski definition) is 2. The average Bonchev–Trinajstić information content (AvgIpc) is 2.39. The van der Waals surface area contributed by atoms with Crippen LogP contribution in [0.3, 0.4) is 0 Å². The normalized spacial score (nSPS) is 13.6. The average molecular weight is 232 g/mol. The van der Waals surface area contributed by atoms with Crippen molar-refractivity contribution in [3.63, 3.8) is 0 Å². The Hall–Kier alpha value is -1.30. The summed E-state index contributed by atoms with van der Waals surface area (Å²) >= 11 is 0. The van der Waals surface area contributed by atoms with E-state index in [2.05, 4.69) is 24.0 Å². The molecule has 0 fully saturated rings. The maximum absolute atomic E-state index is 9.36. The van der Waals surface area contributed by atoms with E-state index in [-0.39, 0.29) is 6.10 Å². The first-order valence-electron chi connectivity index (χ1n) is 6.02. The van der Waals surface area contributed by atoms with Crippen LogP contribution in [0.15, 0.2) is 30.3 Å². The van der Waals surface area contributed by atoms with Crippen LogP contribution in [-0.2, 0) is 11.2 Å². The van der Waals surface area contributed by atoms with E-state index in [1.807, 2.05) is 25.1 Å². The van der Waals surface area contributed by atoms with Gasteiger partial charge in [0.15, 0.2) is 0 Å². The molecule has 0 aliphatic heterocycles. The van der Waals surface area contributed by atoms with E-state index >= 15 is 0 Å². The lowest BCUT2D eigenvalue weighted by Gasteiger charge is -2.08. The molecule has 0 bridgehead atoms. The molecule has 1 N–H and O–H groups in total. The van der Waals surface area contributed by atoms with Crippen LogP contribution in [0.4, 0.5) is 0 Å². The smallest absolute Gasteiger partial charge is 0.118 e. The highest BCUT2D eigenvalue weighted by molar-refractivity contribution is 5.16. The molecule has 2 unspecified atom stereocenters. The number of methoxy groups -OCH3 is 1. The first-order chi connectivity index (χ1) is 8.26. The summed E-state index contributed by atoms with van der Waals surface area (Å²) in [4.78, 5) is 0. The summed E-state index contributed by atoms with van der Waals surface area (Å²) in [5.74, 6) is 5.77. The van der Waals surface area contributed by atoms with E-state index in [1.54, 1.807) is 7.11 Å². The lowest BCUT2D eigenvalue weighted by atomic mass is 10.1. The van der Waals surface area contributed by atoms with Crippen LogP contribution >= 0.6 is 0 Å². The van der Waals surface area contributed by atoms with Gasteiger partial charge in [-0.05, 0) is 24.8 Å². The summed E-state index contributed by atoms with van der Waals surface area (Å²) in [5.41, 5.74) is 1.28. The summed E-state index contributed by atoms with van der Waals surface area (Å²) in [6, 6.07) is 10.3. The van der Waals surface area contributed by atoms with Crippen LogP contribution in [0.25, 0.3) is 0 Å². The van der Waals surface area contributed by atoms with Crippen LogP contribution in [0.1, 0.15) is 25.3 Å². The Kier molecular flexibility index (Phi) is 6.39. The molecule has 0 spiro atoms. The van der Waals surface area contributed by atoms with Crippen LogP contribution in [0, 0.1) is 11.8 Å². The Morgan fingerprint density at radius 1 is 1.24 bits per heavy atom. The van der Waals surface area contributed by atoms with Gasteiger partial charge in [0.25, 0.3) is 0 Å². The molecule has 1 rings (SSSR count). The number of ether oxygens (including phenoxy) is 1. The van der Waals surface area contributed by atoms with E-state index in [9.17, 15) is 5.11 Å². The van der Waals surface area contributed by atoms with E-state index in [0.29, 0.717) is 6.42 Å². The standard InChI is InChI=1S/C15H20O2/c1-3-14(16)10-12-15(17-2)11-9-13-7-5-4-6-8-13/h4-8,14-16H,3,9,11H2,1-2H3. The third-order valence-corrected chi connectivity index (χ3v) is 2.62. The van der Waals surface area contributed by atoms with Gasteiger partial charge in [-0.2, -0.15) is 0 Å². The van der Waals surface area contributed by atoms with Crippen molar-refractivity contribution in [3.05, 3.63) is 35.9 Å². The van der Waals surface area contributed by atoms with Gasteiger partial charge in [0.1, 0.15) is 12.2 Å². The Morgan fingerprint density at radius 3 is 2.53 bits per heavy atom. The van der Waals surface area contributed by atoms with Crippen LogP contribution in [0.2, 0.25) is 0 Å². The molecule has 0 aliphatic carbocycles. The van der Waals surface area contributed by atoms with Crippen LogP contribution in [0.5, 0.6) is 0 Å². The van der Waals surface area contributed by atoms with Gasteiger partial charge in [-0.1, -0.05) is 49.1 Å². The minimum atomic E-state index is -0.538. The van der Waals surface area contributed by atoms with E-state index < -0.39 is 6.10 Å². The molecular formula is C15H20O2. The summed E-state index contributed by atoms with van der Waals surface area (Å²) in [7, 11) is 1.66. The molecule has 0 saturated heterocycles. The highest BCUT2D eigenvalue weighted by atomic mass is 16.5. The summed E-state index contributed by atoms with van der Waals surface area (Å²) in [5, 5.41) is 9.36. The van der Waals surface area contributed by atoms with Crippen LogP contribution in [-0.4, -0.2) is 24.4 Å². The highest BCUT2D eigenvalue weighted by Gasteiger charge is 2.04. The molecule has 92 valence electrons. The lowest BCUT2D eigenvalue weighted by molar-refractivity contribution is 0.140. The molecule has 1 aromatic carbocycles. The SMILES string of the molecule is CCC(O)C#CC(CCc1ccccc1)OC. The van der Waals surface area contributed by atoms with Gasteiger partial charge in [-0.15, -0.1) is 0 Å². The summed E-state index contributed by atoms with van der Waals surface area (Å²) in [6.45, 7) is 1.91. The predicted molar refractivity (Wildman–Crippen MR) is 69.6 cm³/mol. The minimum Gasteiger partial charge on any atom is -0.380 e. The molecular weight excluding hydrogens is 212 g/mol. The molecule has 2 heteroatoms. The lowest BCUT2D eigenvalue weighted by Crippen LogP contribution is -2.10. The summed E-state index contributed by atoms with van der Waals surface area (Å²) < 4.78 is 5.28. The van der Waals surface area contributed by atoms with Gasteiger partial charge < -0.3 is 9.84 Å². The number of aliphatic hydroxyl groups excluding tert-OH is 1. The number of aryl methyl sites for hydroxylation is 1. The third-order valence-electron chi connectivity index (χ3n) is 2.62. The van der Waals surface area contributed by atoms with E-state index in [0.717, 1.165) is 12.8 Å². The fourth-order valence-corrected chi connectivity index (χ4v) is 1.48. The molecule has 0 radical (unpaired) electrons. The second-order valence-electron chi connectivity index (χ2n) is 3.96. The van der Waals surface area contributed by atoms with Crippen molar-refractivity contribution in [2.45, 2.75) is 38.4 Å². The van der Waals surface area contributed by atoms with Crippen LogP contribution < -0.4 is 0 Å². The zero-order valence-corrected chi connectivity index (χ0v) is 10.5. The second kappa shape index (κ2) is 7.89. The zero-order valence-electron chi connectivity index (χ0n) is 10.5. The van der Waals surface area contributed by atoms with Crippen molar-refractivity contribution in [2.24, 2.45) is 0 Å². The van der Waals surface area contributed by atoms with Gasteiger partial charge in [0, 0.05) is 7.11 Å². The molecule has 0 aliphatic rings. The predicted octanol–water partition coefficient (Wildman–Crippen LogP) is 2.41. The first-order valence-corrected chi connectivity index (χ1v) is 6.02. The van der Waals surface area contributed by atoms with Gasteiger partial charge in [0.05, 0.1) is 0 Å². The number of rotatable bonds is 5. The van der Waals surface area contributed by atoms with E-state index in [4.69, 9.17) is 4.74 Å². The van der Waals surface area contributed by atoms with Crippen molar-refractivity contribution >= 4 is 0 Å². The molecule has 0 saturated carbocycles. The Morgan fingerprint density at radius 2 is 1.94 bits per heavy atom. The summed E-state index contributed by atoms with van der Waals surface area (Å²) in [6.07, 6.45) is 1.81. The monoisotopic (exact) mass is 232 g/mol. The zero-order chi connectivity index (χ0) is 12.5. The molecule has 2 nitrogen and oxygen atoms in total. The first kappa shape index (κ1) is 13.8. The second-order valence-corrected chi connectivity index (χ2v) is 3.96. The molecule has 17 heavy (non-hydrogen) atoms. The van der Waals surface area contributed by atoms with Gasteiger partial charge in [-0.25, -0.2) is 0 Å². The van der Waals surface area contributed by atoms with Gasteiger partial charge in [-0.3, -0.25) is 0 Å². The molecule has 0 heterocycles. The quantitative estimate of drug-likeness (QED) is 0.790. The maximum Gasteiger partial charge on any atom is 0.118 e. The third kappa shape index (κ3) is 5.53. The van der Waals surface area contributed by atoms with Crippen molar-refractivity contribution in [3.8, 4) is 11.8 Å². The van der Waals surface area contributed by atoms with Gasteiger partial charge in [0.2, 0.25) is 0 Å². The van der Waals surface area contributed by atoms with Crippen molar-refractivity contribution in [1.82, 2.24) is 0 Å². The minimum absolute atomic E-state index is 0.101. The fraction of sp³-hybridized carbons (Fsp3) is 0.467. The molecule has 0 amide bonds. The van der Waals surface area contributed by atoms with Crippen molar-refractivity contribution in [2.75, 3.05) is 7.11 Å². The Bertz CT molecular complexity index is 362. The topological polar surface area (TPSA) is 29.5 Å². The number of hydrogen-bond donors (Lipinski definition) is 1. The number of benzene rings is 1. The number of aliphatic hydroxyl groups is 1. The maximum atomic E-state index is 9.36. The highest BCUT2D eigenvalue weighted by Crippen LogP contribution is 2.06. The van der Waals surface area contributed by atoms with Gasteiger partial charge >= 0.3 is 0 Å². The van der Waals surface area contributed by atoms with Crippen molar-refractivity contribution < 1.29 is 9.84 Å². The molecule has 2 atom stereocenters. The molecule has 1 aromatic rings. The molecule has 0 aromatic heterocycles. The largest absolute Gasteiger partial charge is 0.380 e.